The third-order valence-electron chi connectivity index (χ3n) is 3.37. The van der Waals surface area contributed by atoms with E-state index in [-0.39, 0.29) is 11.9 Å². The van der Waals surface area contributed by atoms with Crippen LogP contribution in [-0.4, -0.2) is 20.7 Å². The van der Waals surface area contributed by atoms with Crippen LogP contribution in [0.3, 0.4) is 0 Å². The lowest BCUT2D eigenvalue weighted by molar-refractivity contribution is 0.102. The molecule has 1 N–H and O–H groups in total. The molecule has 0 unspecified atom stereocenters. The topological polar surface area (TPSA) is 69.0 Å². The molecular formula is C17H18N4O2S. The van der Waals surface area contributed by atoms with E-state index in [4.69, 9.17) is 4.74 Å². The molecule has 1 aromatic carbocycles. The van der Waals surface area contributed by atoms with E-state index in [1.807, 2.05) is 25.3 Å². The molecule has 3 rings (SSSR count). The van der Waals surface area contributed by atoms with Crippen LogP contribution in [0.2, 0.25) is 0 Å². The minimum atomic E-state index is -0.198. The number of hydrogen-bond donors (Lipinski definition) is 1. The Morgan fingerprint density at radius 1 is 1.38 bits per heavy atom. The van der Waals surface area contributed by atoms with Gasteiger partial charge in [0, 0.05) is 23.1 Å². The average Bonchev–Trinajstić information content (AvgIpc) is 3.24. The maximum absolute atomic E-state index is 12.5. The molecule has 0 bridgehead atoms. The lowest BCUT2D eigenvalue weighted by Crippen LogP contribution is -2.16. The molecule has 0 saturated heterocycles. The minimum absolute atomic E-state index is 0.170. The van der Waals surface area contributed by atoms with Crippen molar-refractivity contribution in [2.45, 2.75) is 26.5 Å². The van der Waals surface area contributed by atoms with Gasteiger partial charge in [0.2, 0.25) is 0 Å². The molecule has 124 valence electrons. The van der Waals surface area contributed by atoms with Gasteiger partial charge in [-0.1, -0.05) is 6.07 Å². The van der Waals surface area contributed by atoms with Crippen molar-refractivity contribution in [3.8, 4) is 5.75 Å². The fourth-order valence-electron chi connectivity index (χ4n) is 2.21. The second-order valence-electron chi connectivity index (χ2n) is 5.51. The molecule has 0 aliphatic rings. The summed E-state index contributed by atoms with van der Waals surface area (Å²) >= 11 is 1.52. The molecule has 0 saturated carbocycles. The van der Waals surface area contributed by atoms with Gasteiger partial charge < -0.3 is 10.1 Å². The summed E-state index contributed by atoms with van der Waals surface area (Å²) in [5, 5.41) is 9.02. The number of aromatic nitrogens is 3. The minimum Gasteiger partial charge on any atom is -0.487 e. The first kappa shape index (κ1) is 16.2. The van der Waals surface area contributed by atoms with Gasteiger partial charge in [-0.3, -0.25) is 4.79 Å². The number of ether oxygens (including phenoxy) is 1. The van der Waals surface area contributed by atoms with Crippen molar-refractivity contribution in [3.63, 3.8) is 0 Å². The van der Waals surface area contributed by atoms with E-state index in [9.17, 15) is 4.79 Å². The highest BCUT2D eigenvalue weighted by atomic mass is 32.1. The monoisotopic (exact) mass is 342 g/mol. The maximum Gasteiger partial charge on any atom is 0.256 e. The Bertz CT molecular complexity index is 812. The Morgan fingerprint density at radius 2 is 2.25 bits per heavy atom. The number of anilines is 1. The fraction of sp³-hybridized carbons (Fsp3) is 0.235. The number of thiazole rings is 1. The fourth-order valence-corrected chi connectivity index (χ4v) is 2.75. The second-order valence-corrected chi connectivity index (χ2v) is 6.22. The molecule has 0 atom stereocenters. The number of benzene rings is 1. The molecule has 0 radical (unpaired) electrons. The van der Waals surface area contributed by atoms with E-state index < -0.39 is 0 Å². The zero-order chi connectivity index (χ0) is 16.9. The predicted molar refractivity (Wildman–Crippen MR) is 93.5 cm³/mol. The quantitative estimate of drug-likeness (QED) is 0.741. The molecule has 6 nitrogen and oxygen atoms in total. The molecule has 7 heteroatoms. The lowest BCUT2D eigenvalue weighted by atomic mass is 10.2. The van der Waals surface area contributed by atoms with Crippen molar-refractivity contribution in [2.75, 3.05) is 5.32 Å². The van der Waals surface area contributed by atoms with Gasteiger partial charge in [0.1, 0.15) is 18.2 Å². The van der Waals surface area contributed by atoms with Gasteiger partial charge in [-0.15, -0.1) is 11.3 Å². The molecule has 1 amide bonds. The van der Waals surface area contributed by atoms with Crippen LogP contribution in [0, 0.1) is 0 Å². The number of amides is 1. The van der Waals surface area contributed by atoms with Crippen molar-refractivity contribution < 1.29 is 9.53 Å². The summed E-state index contributed by atoms with van der Waals surface area (Å²) in [7, 11) is 0. The molecule has 2 aromatic heterocycles. The first-order valence-corrected chi connectivity index (χ1v) is 8.52. The maximum atomic E-state index is 12.5. The third kappa shape index (κ3) is 3.80. The summed E-state index contributed by atoms with van der Waals surface area (Å²) in [5.74, 6) is 1.10. The number of carbonyl (C=O) groups is 1. The van der Waals surface area contributed by atoms with Crippen LogP contribution in [0.4, 0.5) is 5.82 Å². The zero-order valence-corrected chi connectivity index (χ0v) is 14.3. The Kier molecular flexibility index (Phi) is 4.90. The van der Waals surface area contributed by atoms with Gasteiger partial charge in [0.05, 0.1) is 17.4 Å². The van der Waals surface area contributed by atoms with E-state index in [0.717, 1.165) is 5.69 Å². The number of rotatable bonds is 6. The summed E-state index contributed by atoms with van der Waals surface area (Å²) in [5.41, 5.74) is 3.17. The number of nitrogens with zero attached hydrogens (tertiary/aromatic N) is 3. The predicted octanol–water partition coefficient (Wildman–Crippen LogP) is 3.75. The highest BCUT2D eigenvalue weighted by molar-refractivity contribution is 7.07. The summed E-state index contributed by atoms with van der Waals surface area (Å²) < 4.78 is 7.45. The lowest BCUT2D eigenvalue weighted by Gasteiger charge is -2.12. The zero-order valence-electron chi connectivity index (χ0n) is 13.5. The first-order chi connectivity index (χ1) is 11.6. The molecule has 3 aromatic rings. The summed E-state index contributed by atoms with van der Waals surface area (Å²) in [6.07, 6.45) is 1.67. The van der Waals surface area contributed by atoms with Crippen molar-refractivity contribution >= 4 is 23.1 Å². The number of nitrogens with one attached hydrogen (secondary N) is 1. The van der Waals surface area contributed by atoms with Gasteiger partial charge in [0.25, 0.3) is 5.91 Å². The Balaban J connectivity index is 1.68. The van der Waals surface area contributed by atoms with Crippen LogP contribution < -0.4 is 10.1 Å². The summed E-state index contributed by atoms with van der Waals surface area (Å²) in [6.45, 7) is 4.40. The van der Waals surface area contributed by atoms with E-state index in [1.165, 1.54) is 11.3 Å². The van der Waals surface area contributed by atoms with Gasteiger partial charge in [-0.25, -0.2) is 9.67 Å². The van der Waals surface area contributed by atoms with Crippen LogP contribution in [0.15, 0.2) is 47.4 Å². The Morgan fingerprint density at radius 3 is 3.00 bits per heavy atom. The molecule has 0 fully saturated rings. The normalized spacial score (nSPS) is 10.8. The van der Waals surface area contributed by atoms with Crippen molar-refractivity contribution in [2.24, 2.45) is 0 Å². The van der Waals surface area contributed by atoms with Crippen molar-refractivity contribution in [1.29, 1.82) is 0 Å². The largest absolute Gasteiger partial charge is 0.487 e. The van der Waals surface area contributed by atoms with E-state index >= 15 is 0 Å². The van der Waals surface area contributed by atoms with Crippen LogP contribution in [0.5, 0.6) is 5.75 Å². The molecule has 0 spiro atoms. The highest BCUT2D eigenvalue weighted by Gasteiger charge is 2.12. The number of hydrogen-bond acceptors (Lipinski definition) is 5. The molecule has 2 heterocycles. The van der Waals surface area contributed by atoms with Crippen LogP contribution >= 0.6 is 11.3 Å². The van der Waals surface area contributed by atoms with Crippen molar-refractivity contribution in [3.05, 3.63) is 58.7 Å². The average molecular weight is 342 g/mol. The number of carbonyl (C=O) groups excluding carboxylic acids is 1. The van der Waals surface area contributed by atoms with Gasteiger partial charge in [0.15, 0.2) is 0 Å². The smallest absolute Gasteiger partial charge is 0.256 e. The molecule has 0 aliphatic carbocycles. The SMILES string of the molecule is CC(C)n1nccc1NC(=O)c1cccc(OCc2cscn2)c1. The van der Waals surface area contributed by atoms with E-state index in [1.54, 1.807) is 40.7 Å². The van der Waals surface area contributed by atoms with E-state index in [2.05, 4.69) is 15.4 Å². The van der Waals surface area contributed by atoms with Gasteiger partial charge in [-0.05, 0) is 32.0 Å². The Labute approximate surface area is 144 Å². The van der Waals surface area contributed by atoms with Crippen LogP contribution in [-0.2, 0) is 6.61 Å². The Hall–Kier alpha value is -2.67. The van der Waals surface area contributed by atoms with Crippen molar-refractivity contribution in [1.82, 2.24) is 14.8 Å². The van der Waals surface area contributed by atoms with Crippen LogP contribution in [0.1, 0.15) is 35.9 Å². The highest BCUT2D eigenvalue weighted by Crippen LogP contribution is 2.18. The third-order valence-corrected chi connectivity index (χ3v) is 4.00. The van der Waals surface area contributed by atoms with E-state index in [0.29, 0.717) is 23.7 Å². The summed E-state index contributed by atoms with van der Waals surface area (Å²) in [6, 6.07) is 9.04. The second kappa shape index (κ2) is 7.27. The summed E-state index contributed by atoms with van der Waals surface area (Å²) in [4.78, 5) is 16.6. The molecular weight excluding hydrogens is 324 g/mol. The standard InChI is InChI=1S/C17H18N4O2S/c1-12(2)21-16(6-7-19-21)20-17(22)13-4-3-5-15(8-13)23-9-14-10-24-11-18-14/h3-8,10-12H,9H2,1-2H3,(H,20,22). The van der Waals surface area contributed by atoms with Gasteiger partial charge >= 0.3 is 0 Å². The molecule has 0 aliphatic heterocycles. The van der Waals surface area contributed by atoms with Crippen LogP contribution in [0.25, 0.3) is 0 Å². The van der Waals surface area contributed by atoms with Gasteiger partial charge in [-0.2, -0.15) is 5.10 Å². The first-order valence-electron chi connectivity index (χ1n) is 7.58. The molecule has 24 heavy (non-hydrogen) atoms.